The largest absolute Gasteiger partial charge is 0.396 e. The average molecular weight is 262 g/mol. The molecule has 16 heavy (non-hydrogen) atoms. The number of aliphatic hydroxyl groups is 1. The first-order valence-corrected chi connectivity index (χ1v) is 6.99. The van der Waals surface area contributed by atoms with Gasteiger partial charge in [0.2, 0.25) is 0 Å². The summed E-state index contributed by atoms with van der Waals surface area (Å²) in [5.41, 5.74) is 0. The number of hydrogen-bond donors (Lipinski definition) is 2. The third-order valence-electron chi connectivity index (χ3n) is 2.63. The van der Waals surface area contributed by atoms with Gasteiger partial charge in [-0.2, -0.15) is 0 Å². The van der Waals surface area contributed by atoms with Crippen molar-refractivity contribution in [3.63, 3.8) is 0 Å². The SMILES string of the molecule is CCC(NC(C)CCCO)c1ccc(Cl)s1. The van der Waals surface area contributed by atoms with E-state index in [2.05, 4.69) is 25.2 Å². The molecule has 0 radical (unpaired) electrons. The number of halogens is 1. The number of aliphatic hydroxyl groups excluding tert-OH is 1. The maximum absolute atomic E-state index is 8.78. The molecule has 1 rings (SSSR count). The maximum Gasteiger partial charge on any atom is 0.0931 e. The second-order valence-electron chi connectivity index (χ2n) is 4.04. The van der Waals surface area contributed by atoms with Crippen molar-refractivity contribution >= 4 is 22.9 Å². The normalized spacial score (nSPS) is 15.0. The highest BCUT2D eigenvalue weighted by Gasteiger charge is 2.13. The third kappa shape index (κ3) is 4.42. The van der Waals surface area contributed by atoms with Gasteiger partial charge >= 0.3 is 0 Å². The fraction of sp³-hybridized carbons (Fsp3) is 0.667. The van der Waals surface area contributed by atoms with Gasteiger partial charge in [0.05, 0.1) is 4.34 Å². The highest BCUT2D eigenvalue weighted by atomic mass is 35.5. The molecule has 1 aromatic heterocycles. The molecule has 2 N–H and O–H groups in total. The molecule has 92 valence electrons. The Morgan fingerprint density at radius 3 is 2.75 bits per heavy atom. The van der Waals surface area contributed by atoms with Gasteiger partial charge in [0.25, 0.3) is 0 Å². The van der Waals surface area contributed by atoms with Crippen molar-refractivity contribution in [3.8, 4) is 0 Å². The topological polar surface area (TPSA) is 32.3 Å². The lowest BCUT2D eigenvalue weighted by Gasteiger charge is -2.21. The van der Waals surface area contributed by atoms with E-state index in [-0.39, 0.29) is 6.61 Å². The van der Waals surface area contributed by atoms with Crippen LogP contribution < -0.4 is 5.32 Å². The molecule has 0 bridgehead atoms. The van der Waals surface area contributed by atoms with Crippen molar-refractivity contribution in [2.45, 2.75) is 45.2 Å². The van der Waals surface area contributed by atoms with E-state index in [1.807, 2.05) is 6.07 Å². The van der Waals surface area contributed by atoms with Crippen LogP contribution in [0.3, 0.4) is 0 Å². The molecular weight excluding hydrogens is 242 g/mol. The van der Waals surface area contributed by atoms with Crippen molar-refractivity contribution in [2.24, 2.45) is 0 Å². The van der Waals surface area contributed by atoms with E-state index in [4.69, 9.17) is 16.7 Å². The first-order chi connectivity index (χ1) is 7.67. The van der Waals surface area contributed by atoms with Gasteiger partial charge in [-0.15, -0.1) is 11.3 Å². The summed E-state index contributed by atoms with van der Waals surface area (Å²) in [6, 6.07) is 4.85. The summed E-state index contributed by atoms with van der Waals surface area (Å²) in [6.07, 6.45) is 2.92. The summed E-state index contributed by atoms with van der Waals surface area (Å²) in [5.74, 6) is 0. The van der Waals surface area contributed by atoms with Gasteiger partial charge in [0.1, 0.15) is 0 Å². The minimum atomic E-state index is 0.271. The Morgan fingerprint density at radius 1 is 1.50 bits per heavy atom. The molecule has 0 spiro atoms. The summed E-state index contributed by atoms with van der Waals surface area (Å²) in [5, 5.41) is 12.4. The van der Waals surface area contributed by atoms with E-state index < -0.39 is 0 Å². The van der Waals surface area contributed by atoms with Crippen LogP contribution >= 0.6 is 22.9 Å². The quantitative estimate of drug-likeness (QED) is 0.786. The van der Waals surface area contributed by atoms with Gasteiger partial charge in [-0.05, 0) is 38.3 Å². The van der Waals surface area contributed by atoms with Gasteiger partial charge in [-0.25, -0.2) is 0 Å². The molecule has 2 unspecified atom stereocenters. The molecule has 0 amide bonds. The summed E-state index contributed by atoms with van der Waals surface area (Å²) >= 11 is 7.58. The van der Waals surface area contributed by atoms with Crippen LogP contribution in [0.5, 0.6) is 0 Å². The van der Waals surface area contributed by atoms with Gasteiger partial charge in [-0.3, -0.25) is 0 Å². The van der Waals surface area contributed by atoms with Crippen molar-refractivity contribution in [1.82, 2.24) is 5.32 Å². The third-order valence-corrected chi connectivity index (χ3v) is 3.97. The molecule has 1 heterocycles. The van der Waals surface area contributed by atoms with E-state index in [1.54, 1.807) is 11.3 Å². The molecule has 0 fully saturated rings. The Kier molecular flexibility index (Phi) is 6.36. The Bertz CT molecular complexity index is 303. The second kappa shape index (κ2) is 7.28. The van der Waals surface area contributed by atoms with Crippen LogP contribution in [0, 0.1) is 0 Å². The van der Waals surface area contributed by atoms with Crippen LogP contribution in [0.25, 0.3) is 0 Å². The molecule has 0 aliphatic carbocycles. The smallest absolute Gasteiger partial charge is 0.0931 e. The molecular formula is C12H20ClNOS. The predicted molar refractivity (Wildman–Crippen MR) is 71.3 cm³/mol. The number of rotatable bonds is 7. The van der Waals surface area contributed by atoms with E-state index in [9.17, 15) is 0 Å². The Balaban J connectivity index is 2.48. The van der Waals surface area contributed by atoms with Gasteiger partial charge in [0, 0.05) is 23.6 Å². The van der Waals surface area contributed by atoms with Crippen LogP contribution in [0.15, 0.2) is 12.1 Å². The van der Waals surface area contributed by atoms with Crippen LogP contribution in [-0.2, 0) is 0 Å². The fourth-order valence-corrected chi connectivity index (χ4v) is 2.95. The van der Waals surface area contributed by atoms with Crippen LogP contribution in [0.2, 0.25) is 4.34 Å². The lowest BCUT2D eigenvalue weighted by molar-refractivity contribution is 0.273. The first-order valence-electron chi connectivity index (χ1n) is 5.79. The minimum absolute atomic E-state index is 0.271. The Hall–Kier alpha value is -0.0900. The molecule has 0 saturated carbocycles. The standard InChI is InChI=1S/C12H20ClNOS/c1-3-10(11-6-7-12(13)16-11)14-9(2)5-4-8-15/h6-7,9-10,14-15H,3-5,8H2,1-2H3. The van der Waals surface area contributed by atoms with E-state index in [1.165, 1.54) is 4.88 Å². The van der Waals surface area contributed by atoms with Crippen LogP contribution in [-0.4, -0.2) is 17.8 Å². The number of hydrogen-bond acceptors (Lipinski definition) is 3. The highest BCUT2D eigenvalue weighted by molar-refractivity contribution is 7.16. The van der Waals surface area contributed by atoms with Crippen molar-refractivity contribution < 1.29 is 5.11 Å². The van der Waals surface area contributed by atoms with E-state index in [0.717, 1.165) is 23.6 Å². The zero-order valence-corrected chi connectivity index (χ0v) is 11.4. The lowest BCUT2D eigenvalue weighted by Crippen LogP contribution is -2.29. The minimum Gasteiger partial charge on any atom is -0.396 e. The van der Waals surface area contributed by atoms with Crippen molar-refractivity contribution in [2.75, 3.05) is 6.61 Å². The average Bonchev–Trinajstić information content (AvgIpc) is 2.69. The van der Waals surface area contributed by atoms with Crippen LogP contribution in [0.1, 0.15) is 44.0 Å². The molecule has 4 heteroatoms. The first kappa shape index (κ1) is 14.0. The molecule has 1 aromatic rings. The second-order valence-corrected chi connectivity index (χ2v) is 5.78. The molecule has 0 aliphatic heterocycles. The lowest BCUT2D eigenvalue weighted by atomic mass is 10.1. The van der Waals surface area contributed by atoms with Gasteiger partial charge < -0.3 is 10.4 Å². The molecule has 2 atom stereocenters. The molecule has 0 aliphatic rings. The van der Waals surface area contributed by atoms with Gasteiger partial charge in [-0.1, -0.05) is 18.5 Å². The zero-order valence-electron chi connectivity index (χ0n) is 9.87. The fourth-order valence-electron chi connectivity index (χ4n) is 1.74. The van der Waals surface area contributed by atoms with Crippen LogP contribution in [0.4, 0.5) is 0 Å². The Morgan fingerprint density at radius 2 is 2.25 bits per heavy atom. The molecule has 0 aromatic carbocycles. The summed E-state index contributed by atoms with van der Waals surface area (Å²) in [7, 11) is 0. The predicted octanol–water partition coefficient (Wildman–Crippen LogP) is 3.60. The number of thiophene rings is 1. The zero-order chi connectivity index (χ0) is 12.0. The van der Waals surface area contributed by atoms with E-state index >= 15 is 0 Å². The summed E-state index contributed by atoms with van der Waals surface area (Å²) in [4.78, 5) is 1.29. The summed E-state index contributed by atoms with van der Waals surface area (Å²) in [6.45, 7) is 4.60. The number of nitrogens with one attached hydrogen (secondary N) is 1. The maximum atomic E-state index is 8.78. The Labute approximate surface area is 107 Å². The van der Waals surface area contributed by atoms with Crippen molar-refractivity contribution in [3.05, 3.63) is 21.3 Å². The molecule has 0 saturated heterocycles. The highest BCUT2D eigenvalue weighted by Crippen LogP contribution is 2.29. The monoisotopic (exact) mass is 261 g/mol. The van der Waals surface area contributed by atoms with E-state index in [0.29, 0.717) is 12.1 Å². The molecule has 2 nitrogen and oxygen atoms in total. The van der Waals surface area contributed by atoms with Gasteiger partial charge in [0.15, 0.2) is 0 Å². The summed E-state index contributed by atoms with van der Waals surface area (Å²) < 4.78 is 0.846. The van der Waals surface area contributed by atoms with Crippen molar-refractivity contribution in [1.29, 1.82) is 0 Å².